The van der Waals surface area contributed by atoms with E-state index in [9.17, 15) is 4.79 Å². The maximum absolute atomic E-state index is 10.9. The first-order chi connectivity index (χ1) is 10.0. The monoisotopic (exact) mass is 287 g/mol. The molecule has 1 aliphatic carbocycles. The van der Waals surface area contributed by atoms with Crippen LogP contribution < -0.4 is 4.90 Å². The Morgan fingerprint density at radius 1 is 1.43 bits per heavy atom. The van der Waals surface area contributed by atoms with E-state index in [1.807, 2.05) is 17.8 Å². The topological polar surface area (TPSA) is 84.1 Å². The number of carboxylic acids is 1. The van der Waals surface area contributed by atoms with E-state index < -0.39 is 5.97 Å². The highest BCUT2D eigenvalue weighted by molar-refractivity contribution is 5.74. The summed E-state index contributed by atoms with van der Waals surface area (Å²) >= 11 is 0. The number of anilines is 1. The highest BCUT2D eigenvalue weighted by Gasteiger charge is 2.23. The second kappa shape index (κ2) is 5.16. The van der Waals surface area contributed by atoms with Crippen molar-refractivity contribution in [2.45, 2.75) is 19.3 Å². The van der Waals surface area contributed by atoms with Crippen molar-refractivity contribution in [3.05, 3.63) is 23.8 Å². The third-order valence-corrected chi connectivity index (χ3v) is 3.58. The van der Waals surface area contributed by atoms with Gasteiger partial charge in [-0.3, -0.25) is 4.79 Å². The van der Waals surface area contributed by atoms with Gasteiger partial charge in [0.15, 0.2) is 5.82 Å². The van der Waals surface area contributed by atoms with E-state index in [-0.39, 0.29) is 6.54 Å². The van der Waals surface area contributed by atoms with Gasteiger partial charge in [0.2, 0.25) is 0 Å². The molecule has 3 rings (SSSR count). The summed E-state index contributed by atoms with van der Waals surface area (Å²) in [4.78, 5) is 26.0. The van der Waals surface area contributed by atoms with Crippen LogP contribution in [0, 0.1) is 0 Å². The number of imidazole rings is 1. The number of carboxylic acid groups (broad SMARTS) is 1. The van der Waals surface area contributed by atoms with Crippen molar-refractivity contribution < 1.29 is 9.90 Å². The molecule has 0 saturated heterocycles. The molecule has 0 spiro atoms. The van der Waals surface area contributed by atoms with Gasteiger partial charge < -0.3 is 14.6 Å². The highest BCUT2D eigenvalue weighted by Crippen LogP contribution is 2.30. The fourth-order valence-corrected chi connectivity index (χ4v) is 2.65. The Morgan fingerprint density at radius 2 is 2.24 bits per heavy atom. The van der Waals surface area contributed by atoms with E-state index in [1.165, 1.54) is 0 Å². The van der Waals surface area contributed by atoms with Gasteiger partial charge in [-0.1, -0.05) is 0 Å². The van der Waals surface area contributed by atoms with E-state index in [0.29, 0.717) is 17.3 Å². The molecular weight excluding hydrogens is 270 g/mol. The minimum atomic E-state index is -0.873. The molecule has 7 heteroatoms. The Balaban J connectivity index is 2.06. The van der Waals surface area contributed by atoms with Gasteiger partial charge in [0.05, 0.1) is 6.33 Å². The normalized spacial score (nSPS) is 13.2. The molecule has 0 unspecified atom stereocenters. The molecule has 0 saturated carbocycles. The van der Waals surface area contributed by atoms with Gasteiger partial charge >= 0.3 is 5.97 Å². The Bertz CT molecular complexity index is 695. The van der Waals surface area contributed by atoms with E-state index in [0.717, 1.165) is 30.5 Å². The number of carbonyl (C=O) groups is 1. The van der Waals surface area contributed by atoms with E-state index in [1.54, 1.807) is 18.3 Å². The molecule has 0 radical (unpaired) electrons. The summed E-state index contributed by atoms with van der Waals surface area (Å²) in [5.41, 5.74) is 2.79. The summed E-state index contributed by atoms with van der Waals surface area (Å²) in [6.07, 6.45) is 6.40. The average Bonchev–Trinajstić information content (AvgIpc) is 3.04. The largest absolute Gasteiger partial charge is 0.480 e. The zero-order valence-corrected chi connectivity index (χ0v) is 12.1. The number of hydrogen-bond acceptors (Lipinski definition) is 5. The summed E-state index contributed by atoms with van der Waals surface area (Å²) in [5, 5.41) is 8.98. The number of nitrogens with zero attached hydrogens (tertiary/aromatic N) is 5. The molecule has 2 aromatic heterocycles. The van der Waals surface area contributed by atoms with E-state index >= 15 is 0 Å². The van der Waals surface area contributed by atoms with Crippen LogP contribution in [-0.4, -0.2) is 44.2 Å². The van der Waals surface area contributed by atoms with Crippen LogP contribution in [0.15, 0.2) is 12.5 Å². The number of aliphatic carboxylic acids is 1. The molecule has 2 heterocycles. The van der Waals surface area contributed by atoms with Crippen LogP contribution in [-0.2, 0) is 24.7 Å². The van der Waals surface area contributed by atoms with Gasteiger partial charge in [-0.2, -0.15) is 0 Å². The maximum Gasteiger partial charge on any atom is 0.323 e. The average molecular weight is 287 g/mol. The SMILES string of the molecule is CN(CC(=O)O)c1nc(-c2cn(C)cn2)nc2c1CCC2. The molecule has 0 bridgehead atoms. The quantitative estimate of drug-likeness (QED) is 0.899. The molecule has 1 aliphatic rings. The van der Waals surface area contributed by atoms with Gasteiger partial charge in [-0.05, 0) is 19.3 Å². The second-order valence-electron chi connectivity index (χ2n) is 5.32. The first-order valence-electron chi connectivity index (χ1n) is 6.85. The molecule has 7 nitrogen and oxygen atoms in total. The highest BCUT2D eigenvalue weighted by atomic mass is 16.4. The number of likely N-dealkylation sites (N-methyl/N-ethyl adjacent to an activating group) is 1. The first-order valence-corrected chi connectivity index (χ1v) is 6.85. The van der Waals surface area contributed by atoms with Crippen LogP contribution in [0.1, 0.15) is 17.7 Å². The lowest BCUT2D eigenvalue weighted by atomic mass is 10.2. The van der Waals surface area contributed by atoms with Crippen LogP contribution in [0.5, 0.6) is 0 Å². The molecule has 1 N–H and O–H groups in total. The first kappa shape index (κ1) is 13.5. The van der Waals surface area contributed by atoms with Crippen molar-refractivity contribution >= 4 is 11.8 Å². The standard InChI is InChI=1S/C14H17N5O2/c1-18-6-11(15-8-18)13-16-10-5-3-4-9(10)14(17-13)19(2)7-12(20)21/h6,8H,3-5,7H2,1-2H3,(H,20,21). The summed E-state index contributed by atoms with van der Waals surface area (Å²) < 4.78 is 1.84. The Morgan fingerprint density at radius 3 is 2.90 bits per heavy atom. The van der Waals surface area contributed by atoms with Crippen LogP contribution in [0.4, 0.5) is 5.82 Å². The van der Waals surface area contributed by atoms with E-state index in [4.69, 9.17) is 5.11 Å². The van der Waals surface area contributed by atoms with Crippen molar-refractivity contribution in [3.8, 4) is 11.5 Å². The van der Waals surface area contributed by atoms with Crippen molar-refractivity contribution in [2.75, 3.05) is 18.5 Å². The van der Waals surface area contributed by atoms with Gasteiger partial charge in [0, 0.05) is 31.5 Å². The number of hydrogen-bond donors (Lipinski definition) is 1. The van der Waals surface area contributed by atoms with E-state index in [2.05, 4.69) is 15.0 Å². The summed E-state index contributed by atoms with van der Waals surface area (Å²) in [7, 11) is 3.64. The molecule has 0 atom stereocenters. The molecule has 110 valence electrons. The van der Waals surface area contributed by atoms with Crippen molar-refractivity contribution in [2.24, 2.45) is 7.05 Å². The molecule has 21 heavy (non-hydrogen) atoms. The van der Waals surface area contributed by atoms with Crippen molar-refractivity contribution in [1.82, 2.24) is 19.5 Å². The summed E-state index contributed by atoms with van der Waals surface area (Å²) in [6, 6.07) is 0. The smallest absolute Gasteiger partial charge is 0.323 e. The van der Waals surface area contributed by atoms with Crippen LogP contribution >= 0.6 is 0 Å². The lowest BCUT2D eigenvalue weighted by Gasteiger charge is -2.19. The van der Waals surface area contributed by atoms with Gasteiger partial charge in [0.1, 0.15) is 18.1 Å². The zero-order valence-electron chi connectivity index (χ0n) is 12.1. The molecule has 2 aromatic rings. The van der Waals surface area contributed by atoms with Gasteiger partial charge in [-0.15, -0.1) is 0 Å². The predicted molar refractivity (Wildman–Crippen MR) is 77.2 cm³/mol. The number of rotatable bonds is 4. The fraction of sp³-hybridized carbons (Fsp3) is 0.429. The zero-order chi connectivity index (χ0) is 15.0. The second-order valence-corrected chi connectivity index (χ2v) is 5.32. The molecule has 0 aromatic carbocycles. The Hall–Kier alpha value is -2.44. The lowest BCUT2D eigenvalue weighted by Crippen LogP contribution is -2.27. The lowest BCUT2D eigenvalue weighted by molar-refractivity contribution is -0.135. The maximum atomic E-state index is 10.9. The predicted octanol–water partition coefficient (Wildman–Crippen LogP) is 0.887. The number of fused-ring (bicyclic) bond motifs is 1. The van der Waals surface area contributed by atoms with Crippen molar-refractivity contribution in [1.29, 1.82) is 0 Å². The number of aryl methyl sites for hydroxylation is 2. The third-order valence-electron chi connectivity index (χ3n) is 3.58. The Labute approximate surface area is 122 Å². The van der Waals surface area contributed by atoms with Crippen LogP contribution in [0.3, 0.4) is 0 Å². The van der Waals surface area contributed by atoms with Crippen LogP contribution in [0.2, 0.25) is 0 Å². The minimum Gasteiger partial charge on any atom is -0.480 e. The molecule has 0 aliphatic heterocycles. The third kappa shape index (κ3) is 2.58. The minimum absolute atomic E-state index is 0.0783. The van der Waals surface area contributed by atoms with Crippen molar-refractivity contribution in [3.63, 3.8) is 0 Å². The molecule has 0 amide bonds. The van der Waals surface area contributed by atoms with Gasteiger partial charge in [0.25, 0.3) is 0 Å². The molecule has 0 fully saturated rings. The van der Waals surface area contributed by atoms with Gasteiger partial charge in [-0.25, -0.2) is 15.0 Å². The van der Waals surface area contributed by atoms with Crippen LogP contribution in [0.25, 0.3) is 11.5 Å². The molecular formula is C14H17N5O2. The Kier molecular flexibility index (Phi) is 3.32. The summed E-state index contributed by atoms with van der Waals surface area (Å²) in [5.74, 6) is 0.395. The summed E-state index contributed by atoms with van der Waals surface area (Å²) in [6.45, 7) is -0.0783. The number of aromatic nitrogens is 4. The fourth-order valence-electron chi connectivity index (χ4n) is 2.65.